The van der Waals surface area contributed by atoms with E-state index in [-0.39, 0.29) is 18.2 Å². The standard InChI is InChI=1S/C19H17BrCl2N2O2/c1-10-3-4-13(8-15(10)21)24-9-12(7-17(24)25)19(26)23-16-6-5-14(20)18(22)11(16)2/h3-6,8,12H,7,9H2,1-2H3,(H,23,26)/t12-/m0/s1. The van der Waals surface area contributed by atoms with Crippen LogP contribution < -0.4 is 10.2 Å². The predicted molar refractivity (Wildman–Crippen MR) is 109 cm³/mol. The number of hydrogen-bond acceptors (Lipinski definition) is 2. The molecule has 1 heterocycles. The molecule has 1 aliphatic heterocycles. The number of hydrogen-bond donors (Lipinski definition) is 1. The molecule has 2 aromatic rings. The average molecular weight is 456 g/mol. The van der Waals surface area contributed by atoms with Crippen molar-refractivity contribution in [3.05, 3.63) is 56.0 Å². The van der Waals surface area contributed by atoms with E-state index in [0.29, 0.717) is 28.0 Å². The molecule has 4 nitrogen and oxygen atoms in total. The van der Waals surface area contributed by atoms with Crippen LogP contribution in [0.5, 0.6) is 0 Å². The Labute approximate surface area is 170 Å². The fourth-order valence-electron chi connectivity index (χ4n) is 2.90. The summed E-state index contributed by atoms with van der Waals surface area (Å²) in [5.74, 6) is -0.708. The zero-order valence-electron chi connectivity index (χ0n) is 14.3. The second-order valence-corrected chi connectivity index (χ2v) is 8.00. The van der Waals surface area contributed by atoms with Crippen molar-refractivity contribution in [1.82, 2.24) is 0 Å². The van der Waals surface area contributed by atoms with Gasteiger partial charge in [0.15, 0.2) is 0 Å². The van der Waals surface area contributed by atoms with Gasteiger partial charge in [-0.15, -0.1) is 0 Å². The van der Waals surface area contributed by atoms with Crippen LogP contribution >= 0.6 is 39.1 Å². The molecule has 2 amide bonds. The van der Waals surface area contributed by atoms with E-state index in [4.69, 9.17) is 23.2 Å². The summed E-state index contributed by atoms with van der Waals surface area (Å²) in [6.45, 7) is 4.07. The zero-order valence-corrected chi connectivity index (χ0v) is 17.4. The minimum Gasteiger partial charge on any atom is -0.325 e. The van der Waals surface area contributed by atoms with Crippen molar-refractivity contribution in [2.45, 2.75) is 20.3 Å². The fourth-order valence-corrected chi connectivity index (χ4v) is 3.67. The lowest BCUT2D eigenvalue weighted by atomic mass is 10.1. The summed E-state index contributed by atoms with van der Waals surface area (Å²) in [6, 6.07) is 9.04. The highest BCUT2D eigenvalue weighted by Crippen LogP contribution is 2.33. The molecule has 0 aromatic heterocycles. The van der Waals surface area contributed by atoms with E-state index in [1.807, 2.05) is 26.0 Å². The Hall–Kier alpha value is -1.56. The fraction of sp³-hybridized carbons (Fsp3) is 0.263. The molecule has 0 bridgehead atoms. The number of anilines is 2. The molecule has 7 heteroatoms. The van der Waals surface area contributed by atoms with Crippen LogP contribution in [0.2, 0.25) is 10.0 Å². The molecule has 0 saturated carbocycles. The number of nitrogens with one attached hydrogen (secondary N) is 1. The monoisotopic (exact) mass is 454 g/mol. The molecule has 0 aliphatic carbocycles. The third kappa shape index (κ3) is 3.75. The van der Waals surface area contributed by atoms with Gasteiger partial charge in [0.05, 0.1) is 10.9 Å². The Bertz CT molecular complexity index is 901. The van der Waals surface area contributed by atoms with E-state index >= 15 is 0 Å². The van der Waals surface area contributed by atoms with Crippen molar-refractivity contribution in [3.8, 4) is 0 Å². The van der Waals surface area contributed by atoms with E-state index in [1.54, 1.807) is 23.1 Å². The average Bonchev–Trinajstić information content (AvgIpc) is 3.00. The SMILES string of the molecule is Cc1ccc(N2C[C@@H](C(=O)Nc3ccc(Br)c(Cl)c3C)CC2=O)cc1Cl. The van der Waals surface area contributed by atoms with Gasteiger partial charge in [0.1, 0.15) is 0 Å². The van der Waals surface area contributed by atoms with E-state index in [2.05, 4.69) is 21.2 Å². The van der Waals surface area contributed by atoms with Crippen molar-refractivity contribution in [3.63, 3.8) is 0 Å². The van der Waals surface area contributed by atoms with Gasteiger partial charge in [-0.2, -0.15) is 0 Å². The summed E-state index contributed by atoms with van der Waals surface area (Å²) in [6.07, 6.45) is 0.167. The third-order valence-electron chi connectivity index (χ3n) is 4.56. The molecule has 0 spiro atoms. The lowest BCUT2D eigenvalue weighted by molar-refractivity contribution is -0.122. The smallest absolute Gasteiger partial charge is 0.229 e. The summed E-state index contributed by atoms with van der Waals surface area (Å²) < 4.78 is 0.771. The first-order valence-corrected chi connectivity index (χ1v) is 9.65. The minimum absolute atomic E-state index is 0.0874. The second-order valence-electron chi connectivity index (χ2n) is 6.36. The zero-order chi connectivity index (χ0) is 19.0. The van der Waals surface area contributed by atoms with Gasteiger partial charge in [-0.3, -0.25) is 9.59 Å². The molecule has 0 radical (unpaired) electrons. The number of nitrogens with zero attached hydrogens (tertiary/aromatic N) is 1. The van der Waals surface area contributed by atoms with Crippen molar-refractivity contribution in [2.24, 2.45) is 5.92 Å². The molecular formula is C19H17BrCl2N2O2. The Morgan fingerprint density at radius 2 is 1.96 bits per heavy atom. The van der Waals surface area contributed by atoms with Gasteiger partial charge in [-0.25, -0.2) is 0 Å². The van der Waals surface area contributed by atoms with E-state index in [9.17, 15) is 9.59 Å². The maximum Gasteiger partial charge on any atom is 0.229 e. The maximum atomic E-state index is 12.6. The van der Waals surface area contributed by atoms with Crippen LogP contribution in [0, 0.1) is 19.8 Å². The molecule has 2 aromatic carbocycles. The first-order valence-electron chi connectivity index (χ1n) is 8.10. The summed E-state index contributed by atoms with van der Waals surface area (Å²) in [5.41, 5.74) is 3.08. The van der Waals surface area contributed by atoms with E-state index in [0.717, 1.165) is 15.6 Å². The van der Waals surface area contributed by atoms with Crippen LogP contribution in [0.3, 0.4) is 0 Å². The summed E-state index contributed by atoms with van der Waals surface area (Å²) in [4.78, 5) is 26.6. The molecule has 26 heavy (non-hydrogen) atoms. The highest BCUT2D eigenvalue weighted by Gasteiger charge is 2.35. The molecule has 1 atom stereocenters. The lowest BCUT2D eigenvalue weighted by Crippen LogP contribution is -2.28. The number of halogens is 3. The number of benzene rings is 2. The summed E-state index contributed by atoms with van der Waals surface area (Å²) >= 11 is 15.7. The minimum atomic E-state index is -0.426. The topological polar surface area (TPSA) is 49.4 Å². The van der Waals surface area contributed by atoms with Gasteiger partial charge in [0, 0.05) is 33.8 Å². The van der Waals surface area contributed by atoms with Gasteiger partial charge in [0.2, 0.25) is 11.8 Å². The van der Waals surface area contributed by atoms with Gasteiger partial charge in [0.25, 0.3) is 0 Å². The van der Waals surface area contributed by atoms with Crippen molar-refractivity contribution < 1.29 is 9.59 Å². The second kappa shape index (κ2) is 7.59. The van der Waals surface area contributed by atoms with Crippen LogP contribution in [-0.2, 0) is 9.59 Å². The number of carbonyl (C=O) groups excluding carboxylic acids is 2. The number of aryl methyl sites for hydroxylation is 1. The Kier molecular flexibility index (Phi) is 5.61. The quantitative estimate of drug-likeness (QED) is 0.676. The summed E-state index contributed by atoms with van der Waals surface area (Å²) in [5, 5.41) is 4.04. The van der Waals surface area contributed by atoms with Crippen LogP contribution in [-0.4, -0.2) is 18.4 Å². The first-order chi connectivity index (χ1) is 12.3. The highest BCUT2D eigenvalue weighted by molar-refractivity contribution is 9.10. The van der Waals surface area contributed by atoms with Gasteiger partial charge in [-0.05, 0) is 65.2 Å². The van der Waals surface area contributed by atoms with Crippen LogP contribution in [0.1, 0.15) is 17.5 Å². The molecular weight excluding hydrogens is 439 g/mol. The lowest BCUT2D eigenvalue weighted by Gasteiger charge is -2.18. The van der Waals surface area contributed by atoms with Gasteiger partial charge in [-0.1, -0.05) is 29.3 Å². The van der Waals surface area contributed by atoms with Crippen LogP contribution in [0.15, 0.2) is 34.8 Å². The van der Waals surface area contributed by atoms with E-state index < -0.39 is 5.92 Å². The van der Waals surface area contributed by atoms with E-state index in [1.165, 1.54) is 0 Å². The Morgan fingerprint density at radius 1 is 1.23 bits per heavy atom. The van der Waals surface area contributed by atoms with Crippen LogP contribution in [0.4, 0.5) is 11.4 Å². The normalized spacial score (nSPS) is 16.9. The molecule has 1 N–H and O–H groups in total. The van der Waals surface area contributed by atoms with Crippen LogP contribution in [0.25, 0.3) is 0 Å². The van der Waals surface area contributed by atoms with Gasteiger partial charge >= 0.3 is 0 Å². The van der Waals surface area contributed by atoms with Crippen molar-refractivity contribution >= 4 is 62.3 Å². The summed E-state index contributed by atoms with van der Waals surface area (Å²) in [7, 11) is 0. The Morgan fingerprint density at radius 3 is 2.65 bits per heavy atom. The number of amides is 2. The largest absolute Gasteiger partial charge is 0.325 e. The van der Waals surface area contributed by atoms with Gasteiger partial charge < -0.3 is 10.2 Å². The molecule has 1 saturated heterocycles. The predicted octanol–water partition coefficient (Wildman–Crippen LogP) is 5.36. The first kappa shape index (κ1) is 19.2. The van der Waals surface area contributed by atoms with Crippen molar-refractivity contribution in [1.29, 1.82) is 0 Å². The van der Waals surface area contributed by atoms with Crippen molar-refractivity contribution in [2.75, 3.05) is 16.8 Å². The number of carbonyl (C=O) groups is 2. The third-order valence-corrected chi connectivity index (χ3v) is 6.34. The molecule has 136 valence electrons. The molecule has 0 unspecified atom stereocenters. The molecule has 1 fully saturated rings. The molecule has 3 rings (SSSR count). The molecule has 1 aliphatic rings. The number of rotatable bonds is 3. The maximum absolute atomic E-state index is 12.6. The highest BCUT2D eigenvalue weighted by atomic mass is 79.9. The Balaban J connectivity index is 1.75.